The van der Waals surface area contributed by atoms with Crippen molar-refractivity contribution in [2.75, 3.05) is 12.3 Å². The van der Waals surface area contributed by atoms with Crippen molar-refractivity contribution in [1.29, 1.82) is 0 Å². The Morgan fingerprint density at radius 2 is 1.33 bits per heavy atom. The summed E-state index contributed by atoms with van der Waals surface area (Å²) in [6, 6.07) is 0. The zero-order chi connectivity index (χ0) is 9.56. The molecular weight excluding hydrogens is 183 g/mol. The fourth-order valence-corrected chi connectivity index (χ4v) is 1.85. The van der Waals surface area contributed by atoms with Gasteiger partial charge in [-0.25, -0.2) is 0 Å². The van der Waals surface area contributed by atoms with Crippen LogP contribution in [0.3, 0.4) is 0 Å². The summed E-state index contributed by atoms with van der Waals surface area (Å²) < 4.78 is 10.9. The van der Waals surface area contributed by atoms with E-state index in [1.807, 2.05) is 0 Å². The van der Waals surface area contributed by atoms with Crippen LogP contribution in [0, 0.1) is 0 Å². The second kappa shape index (κ2) is 5.77. The molecular formula is C6H11O5P. The van der Waals surface area contributed by atoms with Gasteiger partial charge in [-0.1, -0.05) is 0 Å². The van der Waals surface area contributed by atoms with Crippen molar-refractivity contribution < 1.29 is 24.4 Å². The lowest BCUT2D eigenvalue weighted by atomic mass is 10.5. The largest absolute Gasteiger partial charge is 0.481 e. The lowest BCUT2D eigenvalue weighted by Gasteiger charge is -1.96. The molecule has 0 aromatic heterocycles. The first-order valence-electron chi connectivity index (χ1n) is 3.47. The van der Waals surface area contributed by atoms with Gasteiger partial charge in [0.05, 0.1) is 20.6 Å². The van der Waals surface area contributed by atoms with E-state index in [1.54, 1.807) is 0 Å². The third-order valence-electron chi connectivity index (χ3n) is 1.24. The average Bonchev–Trinajstić information content (AvgIpc) is 1.96. The average molecular weight is 194 g/mol. The van der Waals surface area contributed by atoms with Gasteiger partial charge in [0.25, 0.3) is 0 Å². The number of carboxylic acids is 2. The van der Waals surface area contributed by atoms with Gasteiger partial charge < -0.3 is 14.8 Å². The minimum Gasteiger partial charge on any atom is -0.481 e. The number of aliphatic carboxylic acids is 2. The summed E-state index contributed by atoms with van der Waals surface area (Å²) in [6.45, 7) is 0. The molecule has 0 saturated carbocycles. The molecule has 0 fully saturated rings. The van der Waals surface area contributed by atoms with Crippen LogP contribution in [0.2, 0.25) is 0 Å². The lowest BCUT2D eigenvalue weighted by Crippen LogP contribution is -2.00. The Hall–Kier alpha value is -0.830. The predicted octanol–water partition coefficient (Wildman–Crippen LogP) is 0.496. The normalized spacial score (nSPS) is 10.1. The van der Waals surface area contributed by atoms with E-state index in [0.717, 1.165) is 0 Å². The molecule has 0 amide bonds. The van der Waals surface area contributed by atoms with E-state index >= 15 is 0 Å². The van der Waals surface area contributed by atoms with Crippen LogP contribution in [0.25, 0.3) is 0 Å². The van der Waals surface area contributed by atoms with E-state index in [4.69, 9.17) is 10.2 Å². The van der Waals surface area contributed by atoms with Crippen molar-refractivity contribution in [3.63, 3.8) is 0 Å². The highest BCUT2D eigenvalue weighted by molar-refractivity contribution is 7.44. The molecule has 0 aromatic rings. The van der Waals surface area contributed by atoms with E-state index < -0.39 is 19.7 Å². The van der Waals surface area contributed by atoms with Crippen LogP contribution in [-0.4, -0.2) is 34.5 Å². The molecule has 70 valence electrons. The van der Waals surface area contributed by atoms with Gasteiger partial charge in [-0.3, -0.25) is 9.59 Å². The van der Waals surface area contributed by atoms with E-state index in [1.165, 1.54) is 0 Å². The molecule has 6 heteroatoms. The molecule has 0 aromatic carbocycles. The summed E-state index contributed by atoms with van der Waals surface area (Å²) in [6.07, 6.45) is -0.0740. The number of rotatable bonds is 6. The van der Waals surface area contributed by atoms with E-state index in [2.05, 4.69) is 0 Å². The van der Waals surface area contributed by atoms with Crippen molar-refractivity contribution in [2.45, 2.75) is 12.8 Å². The maximum atomic E-state index is 10.9. The molecule has 5 nitrogen and oxygen atoms in total. The van der Waals surface area contributed by atoms with Gasteiger partial charge in [0.15, 0.2) is 0 Å². The summed E-state index contributed by atoms with van der Waals surface area (Å²) in [5, 5.41) is 16.4. The van der Waals surface area contributed by atoms with Gasteiger partial charge in [0.1, 0.15) is 0 Å². The third kappa shape index (κ3) is 7.28. The number of carbonyl (C=O) groups is 2. The van der Waals surface area contributed by atoms with Gasteiger partial charge in [0, 0.05) is 12.3 Å². The first kappa shape index (κ1) is 11.2. The Morgan fingerprint density at radius 3 is 1.58 bits per heavy atom. The first-order valence-corrected chi connectivity index (χ1v) is 5.30. The smallest absolute Gasteiger partial charge is 0.303 e. The molecule has 12 heavy (non-hydrogen) atoms. The van der Waals surface area contributed by atoms with Crippen LogP contribution < -0.4 is 0 Å². The first-order chi connectivity index (χ1) is 5.52. The van der Waals surface area contributed by atoms with Crippen LogP contribution in [-0.2, 0) is 14.2 Å². The Bertz CT molecular complexity index is 180. The van der Waals surface area contributed by atoms with E-state index in [9.17, 15) is 14.2 Å². The Balaban J connectivity index is 3.47. The second-order valence-corrected chi connectivity index (χ2v) is 4.40. The minimum atomic E-state index is -1.99. The van der Waals surface area contributed by atoms with Gasteiger partial charge in [0.2, 0.25) is 0 Å². The topological polar surface area (TPSA) is 91.7 Å². The fourth-order valence-electron chi connectivity index (χ4n) is 0.618. The van der Waals surface area contributed by atoms with Gasteiger partial charge in [-0.15, -0.1) is 0 Å². The number of hydrogen-bond acceptors (Lipinski definition) is 3. The molecule has 0 unspecified atom stereocenters. The van der Waals surface area contributed by atoms with Gasteiger partial charge in [-0.2, -0.15) is 0 Å². The fraction of sp³-hybridized carbons (Fsp3) is 0.667. The van der Waals surface area contributed by atoms with Crippen LogP contribution in [0.4, 0.5) is 0 Å². The molecule has 0 atom stereocenters. The Labute approximate surface area is 70.2 Å². The summed E-state index contributed by atoms with van der Waals surface area (Å²) >= 11 is 0. The molecule has 0 saturated heterocycles. The molecule has 0 aliphatic carbocycles. The molecule has 0 aliphatic heterocycles. The maximum absolute atomic E-state index is 10.9. The van der Waals surface area contributed by atoms with Crippen molar-refractivity contribution >= 4 is 19.7 Å². The molecule has 0 radical (unpaired) electrons. The SMILES string of the molecule is O=C(O)CC[PH](=O)CCC(=O)O. The van der Waals surface area contributed by atoms with Crippen molar-refractivity contribution in [2.24, 2.45) is 0 Å². The molecule has 2 N–H and O–H groups in total. The number of hydrogen-bond donors (Lipinski definition) is 2. The van der Waals surface area contributed by atoms with Crippen molar-refractivity contribution in [1.82, 2.24) is 0 Å². The van der Waals surface area contributed by atoms with Crippen LogP contribution in [0.15, 0.2) is 0 Å². The van der Waals surface area contributed by atoms with Gasteiger partial charge >= 0.3 is 11.9 Å². The Kier molecular flexibility index (Phi) is 5.37. The third-order valence-corrected chi connectivity index (χ3v) is 2.85. The summed E-state index contributed by atoms with van der Waals surface area (Å²) in [5.74, 6) is -1.99. The van der Waals surface area contributed by atoms with Crippen LogP contribution in [0.5, 0.6) is 0 Å². The minimum absolute atomic E-state index is 0.104. The zero-order valence-corrected chi connectivity index (χ0v) is 7.45. The molecule has 0 heterocycles. The lowest BCUT2D eigenvalue weighted by molar-refractivity contribution is -0.137. The quantitative estimate of drug-likeness (QED) is 0.600. The standard InChI is InChI=1S/C6H11O5P/c7-5(8)1-3-12(11)4-2-6(9)10/h12H,1-4H2,(H,7,8)(H,9,10). The maximum Gasteiger partial charge on any atom is 0.303 e. The zero-order valence-electron chi connectivity index (χ0n) is 6.45. The van der Waals surface area contributed by atoms with E-state index in [-0.39, 0.29) is 25.2 Å². The molecule has 0 rings (SSSR count). The van der Waals surface area contributed by atoms with Gasteiger partial charge in [-0.05, 0) is 0 Å². The van der Waals surface area contributed by atoms with Crippen LogP contribution >= 0.6 is 7.80 Å². The van der Waals surface area contributed by atoms with E-state index in [0.29, 0.717) is 0 Å². The second-order valence-electron chi connectivity index (χ2n) is 2.33. The highest BCUT2D eigenvalue weighted by atomic mass is 31.1. The highest BCUT2D eigenvalue weighted by Crippen LogP contribution is 2.21. The van der Waals surface area contributed by atoms with Crippen LogP contribution in [0.1, 0.15) is 12.8 Å². The summed E-state index contributed by atoms with van der Waals surface area (Å²) in [7, 11) is -1.99. The predicted molar refractivity (Wildman–Crippen MR) is 43.2 cm³/mol. The molecule has 0 spiro atoms. The monoisotopic (exact) mass is 194 g/mol. The summed E-state index contributed by atoms with van der Waals surface area (Å²) in [4.78, 5) is 20.0. The summed E-state index contributed by atoms with van der Waals surface area (Å²) in [5.41, 5.74) is 0. The molecule has 0 aliphatic rings. The van der Waals surface area contributed by atoms with Crippen molar-refractivity contribution in [3.8, 4) is 0 Å². The highest BCUT2D eigenvalue weighted by Gasteiger charge is 2.05. The van der Waals surface area contributed by atoms with Crippen molar-refractivity contribution in [3.05, 3.63) is 0 Å². The number of carboxylic acid groups (broad SMARTS) is 2. The molecule has 0 bridgehead atoms. The Morgan fingerprint density at radius 1 is 1.00 bits per heavy atom.